The number of aromatic nitrogens is 2. The third-order valence-electron chi connectivity index (χ3n) is 3.35. The van der Waals surface area contributed by atoms with Crippen molar-refractivity contribution in [2.45, 2.75) is 26.1 Å². The van der Waals surface area contributed by atoms with Gasteiger partial charge in [0.2, 0.25) is 5.88 Å². The second-order valence-corrected chi connectivity index (χ2v) is 5.60. The summed E-state index contributed by atoms with van der Waals surface area (Å²) in [7, 11) is 0. The molecule has 2 aromatic rings. The number of nitrogens with one attached hydrogen (secondary N) is 2. The van der Waals surface area contributed by atoms with Crippen LogP contribution in [-0.4, -0.2) is 41.8 Å². The summed E-state index contributed by atoms with van der Waals surface area (Å²) in [4.78, 5) is 12.5. The number of pyridine rings is 2. The van der Waals surface area contributed by atoms with E-state index >= 15 is 0 Å². The SMILES string of the molecule is CCNC(=NCc1ccnc(OCC(F)(F)F)c1)NCCc1ccccn1. The molecule has 0 saturated carbocycles. The number of alkyl halides is 3. The molecule has 9 heteroatoms. The van der Waals surface area contributed by atoms with Crippen LogP contribution in [0.3, 0.4) is 0 Å². The van der Waals surface area contributed by atoms with Gasteiger partial charge in [-0.15, -0.1) is 0 Å². The Morgan fingerprint density at radius 2 is 2.00 bits per heavy atom. The van der Waals surface area contributed by atoms with E-state index in [2.05, 4.69) is 30.3 Å². The highest BCUT2D eigenvalue weighted by atomic mass is 19.4. The van der Waals surface area contributed by atoms with Gasteiger partial charge in [0.25, 0.3) is 0 Å². The van der Waals surface area contributed by atoms with Gasteiger partial charge in [0.1, 0.15) is 0 Å². The molecular weight excluding hydrogens is 359 g/mol. The molecule has 2 rings (SSSR count). The number of hydrogen-bond acceptors (Lipinski definition) is 4. The van der Waals surface area contributed by atoms with Gasteiger partial charge < -0.3 is 15.4 Å². The molecule has 0 spiro atoms. The third-order valence-corrected chi connectivity index (χ3v) is 3.35. The summed E-state index contributed by atoms with van der Waals surface area (Å²) < 4.78 is 41.3. The van der Waals surface area contributed by atoms with E-state index in [1.807, 2.05) is 25.1 Å². The number of nitrogens with zero attached hydrogens (tertiary/aromatic N) is 3. The fourth-order valence-electron chi connectivity index (χ4n) is 2.15. The summed E-state index contributed by atoms with van der Waals surface area (Å²) in [6.07, 6.45) is -0.504. The maximum atomic E-state index is 12.2. The van der Waals surface area contributed by atoms with E-state index in [4.69, 9.17) is 0 Å². The first-order valence-corrected chi connectivity index (χ1v) is 8.53. The Balaban J connectivity index is 1.89. The van der Waals surface area contributed by atoms with Gasteiger partial charge in [0.15, 0.2) is 12.6 Å². The molecule has 0 unspecified atom stereocenters. The molecule has 146 valence electrons. The highest BCUT2D eigenvalue weighted by Gasteiger charge is 2.28. The lowest BCUT2D eigenvalue weighted by atomic mass is 10.2. The predicted molar refractivity (Wildman–Crippen MR) is 96.5 cm³/mol. The fraction of sp³-hybridized carbons (Fsp3) is 0.389. The summed E-state index contributed by atoms with van der Waals surface area (Å²) in [5.74, 6) is 0.538. The summed E-state index contributed by atoms with van der Waals surface area (Å²) in [6, 6.07) is 8.88. The van der Waals surface area contributed by atoms with Crippen LogP contribution in [-0.2, 0) is 13.0 Å². The van der Waals surface area contributed by atoms with Crippen molar-refractivity contribution in [1.29, 1.82) is 0 Å². The Hall–Kier alpha value is -2.84. The number of ether oxygens (including phenoxy) is 1. The second-order valence-electron chi connectivity index (χ2n) is 5.60. The number of hydrogen-bond donors (Lipinski definition) is 2. The van der Waals surface area contributed by atoms with Gasteiger partial charge in [-0.25, -0.2) is 9.98 Å². The largest absolute Gasteiger partial charge is 0.468 e. The second kappa shape index (κ2) is 10.3. The highest BCUT2D eigenvalue weighted by molar-refractivity contribution is 5.79. The molecule has 0 aliphatic rings. The van der Waals surface area contributed by atoms with E-state index in [1.165, 1.54) is 12.3 Å². The van der Waals surface area contributed by atoms with E-state index in [0.29, 0.717) is 24.6 Å². The van der Waals surface area contributed by atoms with E-state index in [-0.39, 0.29) is 12.4 Å². The van der Waals surface area contributed by atoms with Gasteiger partial charge in [-0.05, 0) is 30.7 Å². The van der Waals surface area contributed by atoms with Crippen LogP contribution in [0.2, 0.25) is 0 Å². The Morgan fingerprint density at radius 3 is 2.70 bits per heavy atom. The van der Waals surface area contributed by atoms with Gasteiger partial charge >= 0.3 is 6.18 Å². The topological polar surface area (TPSA) is 71.4 Å². The van der Waals surface area contributed by atoms with Crippen molar-refractivity contribution in [2.24, 2.45) is 4.99 Å². The molecule has 0 atom stereocenters. The molecule has 0 aliphatic carbocycles. The van der Waals surface area contributed by atoms with E-state index in [0.717, 1.165) is 12.1 Å². The zero-order chi connectivity index (χ0) is 19.5. The molecule has 0 bridgehead atoms. The number of guanidine groups is 1. The molecule has 0 radical (unpaired) electrons. The Kier molecular flexibility index (Phi) is 7.84. The van der Waals surface area contributed by atoms with Crippen LogP contribution in [0.4, 0.5) is 13.2 Å². The van der Waals surface area contributed by atoms with Crippen LogP contribution in [0.1, 0.15) is 18.2 Å². The van der Waals surface area contributed by atoms with Crippen molar-refractivity contribution in [3.8, 4) is 5.88 Å². The number of rotatable bonds is 8. The Bertz CT molecular complexity index is 722. The van der Waals surface area contributed by atoms with Crippen LogP contribution >= 0.6 is 0 Å². The Morgan fingerprint density at radius 1 is 1.15 bits per heavy atom. The quantitative estimate of drug-likeness (QED) is 0.544. The van der Waals surface area contributed by atoms with Crippen LogP contribution in [0.25, 0.3) is 0 Å². The molecular formula is C18H22F3N5O. The lowest BCUT2D eigenvalue weighted by Crippen LogP contribution is -2.38. The van der Waals surface area contributed by atoms with Crippen LogP contribution in [0.15, 0.2) is 47.7 Å². The first-order valence-electron chi connectivity index (χ1n) is 8.53. The average molecular weight is 381 g/mol. The van der Waals surface area contributed by atoms with Gasteiger partial charge in [0.05, 0.1) is 6.54 Å². The summed E-state index contributed by atoms with van der Waals surface area (Å²) >= 11 is 0. The lowest BCUT2D eigenvalue weighted by Gasteiger charge is -2.11. The average Bonchev–Trinajstić information content (AvgIpc) is 2.65. The molecule has 0 aromatic carbocycles. The first kappa shape index (κ1) is 20.5. The number of aliphatic imine (C=N–C) groups is 1. The summed E-state index contributed by atoms with van der Waals surface area (Å²) in [5, 5.41) is 6.32. The molecule has 0 aliphatic heterocycles. The van der Waals surface area contributed by atoms with E-state index in [9.17, 15) is 13.2 Å². The Labute approximate surface area is 155 Å². The van der Waals surface area contributed by atoms with E-state index < -0.39 is 12.8 Å². The van der Waals surface area contributed by atoms with Gasteiger partial charge in [-0.2, -0.15) is 13.2 Å². The van der Waals surface area contributed by atoms with Crippen LogP contribution in [0.5, 0.6) is 5.88 Å². The molecule has 2 heterocycles. The highest BCUT2D eigenvalue weighted by Crippen LogP contribution is 2.17. The van der Waals surface area contributed by atoms with E-state index in [1.54, 1.807) is 12.3 Å². The van der Waals surface area contributed by atoms with Crippen LogP contribution < -0.4 is 15.4 Å². The van der Waals surface area contributed by atoms with Crippen molar-refractivity contribution in [1.82, 2.24) is 20.6 Å². The smallest absolute Gasteiger partial charge is 0.422 e. The monoisotopic (exact) mass is 381 g/mol. The maximum Gasteiger partial charge on any atom is 0.422 e. The number of halogens is 3. The standard InChI is InChI=1S/C18H22F3N5O/c1-2-22-17(25-10-7-15-5-3-4-8-23-15)26-12-14-6-9-24-16(11-14)27-13-18(19,20)21/h3-6,8-9,11H,2,7,10,12-13H2,1H3,(H2,22,25,26). The summed E-state index contributed by atoms with van der Waals surface area (Å²) in [5.41, 5.74) is 1.67. The zero-order valence-electron chi connectivity index (χ0n) is 15.0. The third kappa shape index (κ3) is 8.39. The van der Waals surface area contributed by atoms with Crippen molar-refractivity contribution < 1.29 is 17.9 Å². The van der Waals surface area contributed by atoms with Crippen molar-refractivity contribution >= 4 is 5.96 Å². The molecule has 0 fully saturated rings. The molecule has 6 nitrogen and oxygen atoms in total. The molecule has 27 heavy (non-hydrogen) atoms. The van der Waals surface area contributed by atoms with Gasteiger partial charge in [-0.3, -0.25) is 4.98 Å². The minimum atomic E-state index is -4.40. The minimum Gasteiger partial charge on any atom is -0.468 e. The molecule has 2 aromatic heterocycles. The minimum absolute atomic E-state index is 0.0758. The molecule has 0 saturated heterocycles. The van der Waals surface area contributed by atoms with Crippen molar-refractivity contribution in [2.75, 3.05) is 19.7 Å². The molecule has 0 amide bonds. The fourth-order valence-corrected chi connectivity index (χ4v) is 2.15. The van der Waals surface area contributed by atoms with Gasteiger partial charge in [-0.1, -0.05) is 6.07 Å². The zero-order valence-corrected chi connectivity index (χ0v) is 15.0. The first-order chi connectivity index (χ1) is 13.0. The maximum absolute atomic E-state index is 12.2. The lowest BCUT2D eigenvalue weighted by molar-refractivity contribution is -0.154. The summed E-state index contributed by atoms with van der Waals surface area (Å²) in [6.45, 7) is 2.20. The molecule has 2 N–H and O–H groups in total. The normalized spacial score (nSPS) is 11.9. The predicted octanol–water partition coefficient (Wildman–Crippen LogP) is 2.72. The van der Waals surface area contributed by atoms with Crippen molar-refractivity contribution in [3.05, 3.63) is 54.0 Å². The van der Waals surface area contributed by atoms with Gasteiger partial charge in [0, 0.05) is 43.7 Å². The van der Waals surface area contributed by atoms with Crippen molar-refractivity contribution in [3.63, 3.8) is 0 Å². The van der Waals surface area contributed by atoms with Crippen LogP contribution in [0, 0.1) is 0 Å².